The summed E-state index contributed by atoms with van der Waals surface area (Å²) in [5.74, 6) is -1.77. The van der Waals surface area contributed by atoms with Crippen LogP contribution < -0.4 is 5.32 Å². The van der Waals surface area contributed by atoms with Gasteiger partial charge in [-0.1, -0.05) is 36.4 Å². The van der Waals surface area contributed by atoms with Crippen molar-refractivity contribution in [2.75, 3.05) is 11.9 Å². The quantitative estimate of drug-likeness (QED) is 0.504. The van der Waals surface area contributed by atoms with Crippen molar-refractivity contribution in [3.63, 3.8) is 0 Å². The number of amides is 3. The fraction of sp³-hybridized carbons (Fsp3) is 0.250. The van der Waals surface area contributed by atoms with Crippen LogP contribution in [-0.2, 0) is 17.9 Å². The maximum absolute atomic E-state index is 14.0. The molecule has 1 heterocycles. The molecule has 0 spiro atoms. The Bertz CT molecular complexity index is 1070. The first-order valence-electron chi connectivity index (χ1n) is 10.4. The van der Waals surface area contributed by atoms with Crippen molar-refractivity contribution >= 4 is 29.0 Å². The van der Waals surface area contributed by atoms with Gasteiger partial charge in [-0.2, -0.15) is 0 Å². The van der Waals surface area contributed by atoms with E-state index in [4.69, 9.17) is 0 Å². The number of hydrogen-bond donors (Lipinski definition) is 1. The number of rotatable bonds is 8. The smallest absolute Gasteiger partial charge is 0.322 e. The minimum atomic E-state index is -0.858. The molecule has 3 amide bonds. The van der Waals surface area contributed by atoms with E-state index >= 15 is 0 Å². The van der Waals surface area contributed by atoms with Crippen molar-refractivity contribution in [1.82, 2.24) is 9.80 Å². The lowest BCUT2D eigenvalue weighted by atomic mass is 10.2. The molecule has 166 valence electrons. The lowest BCUT2D eigenvalue weighted by molar-refractivity contribution is -0.133. The van der Waals surface area contributed by atoms with Crippen molar-refractivity contribution in [2.45, 2.75) is 32.0 Å². The molecule has 0 aliphatic heterocycles. The van der Waals surface area contributed by atoms with Gasteiger partial charge >= 0.3 is 6.03 Å². The average Bonchev–Trinajstić information content (AvgIpc) is 3.49. The van der Waals surface area contributed by atoms with Gasteiger partial charge in [-0.05, 0) is 42.0 Å². The molecule has 0 radical (unpaired) electrons. The predicted molar refractivity (Wildman–Crippen MR) is 120 cm³/mol. The molecule has 8 heteroatoms. The number of urea groups is 1. The minimum Gasteiger partial charge on any atom is -0.332 e. The summed E-state index contributed by atoms with van der Waals surface area (Å²) in [7, 11) is 0. The molecule has 5 nitrogen and oxygen atoms in total. The molecule has 1 aromatic heterocycles. The third kappa shape index (κ3) is 5.70. The van der Waals surface area contributed by atoms with E-state index in [0.29, 0.717) is 19.2 Å². The second-order valence-corrected chi connectivity index (χ2v) is 8.76. The fourth-order valence-corrected chi connectivity index (χ4v) is 4.12. The number of thiophene rings is 1. The summed E-state index contributed by atoms with van der Waals surface area (Å²) in [4.78, 5) is 30.3. The van der Waals surface area contributed by atoms with Gasteiger partial charge in [0.2, 0.25) is 5.91 Å². The first-order valence-corrected chi connectivity index (χ1v) is 11.2. The van der Waals surface area contributed by atoms with Crippen LogP contribution in [-0.4, -0.2) is 34.3 Å². The molecular formula is C24H23F2N3O2S. The van der Waals surface area contributed by atoms with E-state index in [0.717, 1.165) is 29.3 Å². The number of benzene rings is 2. The molecule has 1 saturated carbocycles. The highest BCUT2D eigenvalue weighted by atomic mass is 32.1. The summed E-state index contributed by atoms with van der Waals surface area (Å²) in [6, 6.07) is 15.9. The maximum Gasteiger partial charge on any atom is 0.322 e. The van der Waals surface area contributed by atoms with E-state index in [1.54, 1.807) is 16.2 Å². The van der Waals surface area contributed by atoms with Crippen LogP contribution in [0.15, 0.2) is 66.0 Å². The molecule has 32 heavy (non-hydrogen) atoms. The first kappa shape index (κ1) is 22.0. The van der Waals surface area contributed by atoms with Crippen LogP contribution in [0.3, 0.4) is 0 Å². The normalized spacial score (nSPS) is 12.9. The van der Waals surface area contributed by atoms with Crippen molar-refractivity contribution in [3.05, 3.63) is 88.1 Å². The highest BCUT2D eigenvalue weighted by molar-refractivity contribution is 7.09. The Kier molecular flexibility index (Phi) is 6.80. The van der Waals surface area contributed by atoms with Crippen LogP contribution in [0.4, 0.5) is 19.3 Å². The van der Waals surface area contributed by atoms with E-state index < -0.39 is 17.7 Å². The summed E-state index contributed by atoms with van der Waals surface area (Å²) in [5, 5.41) is 4.44. The number of carbonyl (C=O) groups excluding carboxylic acids is 2. The molecule has 0 bridgehead atoms. The number of hydrogen-bond acceptors (Lipinski definition) is 3. The van der Waals surface area contributed by atoms with E-state index in [1.807, 2.05) is 47.8 Å². The van der Waals surface area contributed by atoms with Gasteiger partial charge in [-0.15, -0.1) is 11.3 Å². The first-order chi connectivity index (χ1) is 15.5. The van der Waals surface area contributed by atoms with E-state index in [-0.39, 0.29) is 24.2 Å². The van der Waals surface area contributed by atoms with Crippen LogP contribution in [0.2, 0.25) is 0 Å². The molecule has 1 aliphatic carbocycles. The molecule has 0 unspecified atom stereocenters. The van der Waals surface area contributed by atoms with Gasteiger partial charge in [0.1, 0.15) is 18.2 Å². The average molecular weight is 456 g/mol. The zero-order valence-electron chi connectivity index (χ0n) is 17.3. The monoisotopic (exact) mass is 455 g/mol. The van der Waals surface area contributed by atoms with Crippen LogP contribution in [0.25, 0.3) is 0 Å². The zero-order valence-corrected chi connectivity index (χ0v) is 18.2. The standard InChI is InChI=1S/C24H23F2N3O2S/c25-18-8-11-22(21(26)13-18)27-24(31)29(19-9-10-19)16-23(30)28(15-20-7-4-12-32-20)14-17-5-2-1-3-6-17/h1-8,11-13,19H,9-10,14-16H2,(H,27,31). The topological polar surface area (TPSA) is 52.7 Å². The van der Waals surface area contributed by atoms with Gasteiger partial charge in [0.15, 0.2) is 0 Å². The molecule has 0 saturated heterocycles. The van der Waals surface area contributed by atoms with Crippen molar-refractivity contribution in [2.24, 2.45) is 0 Å². The van der Waals surface area contributed by atoms with Crippen molar-refractivity contribution in [3.8, 4) is 0 Å². The van der Waals surface area contributed by atoms with Gasteiger partial charge in [0.25, 0.3) is 0 Å². The number of nitrogens with one attached hydrogen (secondary N) is 1. The Morgan fingerprint density at radius 1 is 1.00 bits per heavy atom. The lowest BCUT2D eigenvalue weighted by Crippen LogP contribution is -2.45. The number of carbonyl (C=O) groups is 2. The highest BCUT2D eigenvalue weighted by Crippen LogP contribution is 2.28. The van der Waals surface area contributed by atoms with Gasteiger partial charge in [-0.25, -0.2) is 13.6 Å². The molecule has 1 N–H and O–H groups in total. The predicted octanol–water partition coefficient (Wildman–Crippen LogP) is 5.25. The Balaban J connectivity index is 1.48. The third-order valence-corrected chi connectivity index (χ3v) is 6.08. The highest BCUT2D eigenvalue weighted by Gasteiger charge is 2.35. The van der Waals surface area contributed by atoms with Crippen LogP contribution in [0.1, 0.15) is 23.3 Å². The van der Waals surface area contributed by atoms with Gasteiger partial charge in [0, 0.05) is 23.5 Å². The summed E-state index contributed by atoms with van der Waals surface area (Å²) < 4.78 is 27.2. The van der Waals surface area contributed by atoms with Crippen molar-refractivity contribution < 1.29 is 18.4 Å². The van der Waals surface area contributed by atoms with E-state index in [1.165, 1.54) is 11.0 Å². The van der Waals surface area contributed by atoms with Gasteiger partial charge in [0.05, 0.1) is 12.2 Å². The zero-order chi connectivity index (χ0) is 22.5. The van der Waals surface area contributed by atoms with Crippen LogP contribution >= 0.6 is 11.3 Å². The number of anilines is 1. The Morgan fingerprint density at radius 2 is 1.78 bits per heavy atom. The maximum atomic E-state index is 14.0. The summed E-state index contributed by atoms with van der Waals surface area (Å²) in [6.45, 7) is 0.750. The lowest BCUT2D eigenvalue weighted by Gasteiger charge is -2.28. The second-order valence-electron chi connectivity index (χ2n) is 7.73. The molecule has 1 aliphatic rings. The second kappa shape index (κ2) is 9.91. The van der Waals surface area contributed by atoms with Gasteiger partial charge < -0.3 is 15.1 Å². The van der Waals surface area contributed by atoms with Crippen LogP contribution in [0, 0.1) is 11.6 Å². The van der Waals surface area contributed by atoms with Crippen molar-refractivity contribution in [1.29, 1.82) is 0 Å². The summed E-state index contributed by atoms with van der Waals surface area (Å²) >= 11 is 1.57. The molecular weight excluding hydrogens is 432 g/mol. The molecule has 2 aromatic carbocycles. The molecule has 0 atom stereocenters. The third-order valence-electron chi connectivity index (χ3n) is 5.22. The number of halogens is 2. The SMILES string of the molecule is O=C(CN(C(=O)Nc1ccc(F)cc1F)C1CC1)N(Cc1ccccc1)Cc1cccs1. The Morgan fingerprint density at radius 3 is 2.44 bits per heavy atom. The Labute approximate surface area is 189 Å². The molecule has 3 aromatic rings. The van der Waals surface area contributed by atoms with E-state index in [2.05, 4.69) is 5.32 Å². The largest absolute Gasteiger partial charge is 0.332 e. The Hall–Kier alpha value is -3.26. The number of nitrogens with zero attached hydrogens (tertiary/aromatic N) is 2. The fourth-order valence-electron chi connectivity index (χ4n) is 3.40. The molecule has 1 fully saturated rings. The van der Waals surface area contributed by atoms with E-state index in [9.17, 15) is 18.4 Å². The van der Waals surface area contributed by atoms with Crippen LogP contribution in [0.5, 0.6) is 0 Å². The minimum absolute atomic E-state index is 0.0669. The molecule has 4 rings (SSSR count). The summed E-state index contributed by atoms with van der Waals surface area (Å²) in [5.41, 5.74) is 0.877. The summed E-state index contributed by atoms with van der Waals surface area (Å²) in [6.07, 6.45) is 1.58. The van der Waals surface area contributed by atoms with Gasteiger partial charge in [-0.3, -0.25) is 4.79 Å².